The Balaban J connectivity index is 3.36. The van der Waals surface area contributed by atoms with Crippen LogP contribution in [0.15, 0.2) is 0 Å². The Hall–Kier alpha value is -0.160. The van der Waals surface area contributed by atoms with E-state index in [4.69, 9.17) is 9.84 Å². The monoisotopic (exact) mass is 260 g/mol. The van der Waals surface area contributed by atoms with Crippen LogP contribution in [0.5, 0.6) is 0 Å². The molecule has 0 fully saturated rings. The lowest BCUT2D eigenvalue weighted by atomic mass is 10.3. The second kappa shape index (κ2) is 11.9. The summed E-state index contributed by atoms with van der Waals surface area (Å²) in [6.45, 7) is 9.47. The van der Waals surface area contributed by atoms with Crippen molar-refractivity contribution in [2.24, 2.45) is 0 Å². The predicted molar refractivity (Wildman–Crippen MR) is 77.0 cm³/mol. The molecule has 0 aliphatic carbocycles. The number of ether oxygens (including phenoxy) is 1. The summed E-state index contributed by atoms with van der Waals surface area (Å²) in [4.78, 5) is 4.56. The predicted octanol–water partition coefficient (Wildman–Crippen LogP) is 1.44. The first-order valence-electron chi connectivity index (χ1n) is 7.19. The highest BCUT2D eigenvalue weighted by Crippen LogP contribution is 1.99. The minimum Gasteiger partial charge on any atom is -0.396 e. The van der Waals surface area contributed by atoms with Gasteiger partial charge in [0.1, 0.15) is 0 Å². The molecule has 1 N–H and O–H groups in total. The lowest BCUT2D eigenvalue weighted by Crippen LogP contribution is -2.34. The number of nitrogens with zero attached hydrogens (tertiary/aromatic N) is 2. The molecule has 0 aliphatic heterocycles. The first-order valence-corrected chi connectivity index (χ1v) is 7.19. The van der Waals surface area contributed by atoms with E-state index in [-0.39, 0.29) is 6.61 Å². The second-order valence-electron chi connectivity index (χ2n) is 5.08. The largest absolute Gasteiger partial charge is 0.396 e. The van der Waals surface area contributed by atoms with Crippen LogP contribution < -0.4 is 0 Å². The molecule has 0 heterocycles. The zero-order chi connectivity index (χ0) is 13.8. The van der Waals surface area contributed by atoms with Crippen molar-refractivity contribution in [3.05, 3.63) is 0 Å². The molecule has 0 spiro atoms. The van der Waals surface area contributed by atoms with Crippen molar-refractivity contribution in [3.63, 3.8) is 0 Å². The fourth-order valence-electron chi connectivity index (χ4n) is 1.67. The summed E-state index contributed by atoms with van der Waals surface area (Å²) in [5.41, 5.74) is 0. The van der Waals surface area contributed by atoms with Crippen LogP contribution in [0.1, 0.15) is 33.1 Å². The molecular formula is C14H32N2O2. The molecule has 0 aromatic rings. The number of hydrogen-bond donors (Lipinski definition) is 1. The van der Waals surface area contributed by atoms with Gasteiger partial charge >= 0.3 is 0 Å². The molecular weight excluding hydrogens is 228 g/mol. The third-order valence-corrected chi connectivity index (χ3v) is 3.40. The fourth-order valence-corrected chi connectivity index (χ4v) is 1.67. The third kappa shape index (κ3) is 9.83. The van der Waals surface area contributed by atoms with Crippen LogP contribution in [0.2, 0.25) is 0 Å². The van der Waals surface area contributed by atoms with Gasteiger partial charge < -0.3 is 19.6 Å². The van der Waals surface area contributed by atoms with E-state index in [9.17, 15) is 0 Å². The van der Waals surface area contributed by atoms with Gasteiger partial charge in [-0.1, -0.05) is 6.92 Å². The summed E-state index contributed by atoms with van der Waals surface area (Å²) >= 11 is 0. The Morgan fingerprint density at radius 3 is 2.44 bits per heavy atom. The van der Waals surface area contributed by atoms with Crippen molar-refractivity contribution in [1.29, 1.82) is 0 Å². The topological polar surface area (TPSA) is 35.9 Å². The van der Waals surface area contributed by atoms with E-state index < -0.39 is 0 Å². The zero-order valence-electron chi connectivity index (χ0n) is 12.7. The summed E-state index contributed by atoms with van der Waals surface area (Å²) in [7, 11) is 4.24. The van der Waals surface area contributed by atoms with Gasteiger partial charge in [0, 0.05) is 25.8 Å². The van der Waals surface area contributed by atoms with Gasteiger partial charge in [0.25, 0.3) is 0 Å². The summed E-state index contributed by atoms with van der Waals surface area (Å²) in [6.07, 6.45) is 3.18. The second-order valence-corrected chi connectivity index (χ2v) is 5.08. The maximum absolute atomic E-state index is 8.77. The van der Waals surface area contributed by atoms with E-state index in [1.807, 2.05) is 0 Å². The van der Waals surface area contributed by atoms with E-state index in [0.29, 0.717) is 6.04 Å². The van der Waals surface area contributed by atoms with Crippen LogP contribution in [0.3, 0.4) is 0 Å². The van der Waals surface area contributed by atoms with Gasteiger partial charge in [-0.3, -0.25) is 0 Å². The molecule has 4 heteroatoms. The molecule has 0 bridgehead atoms. The van der Waals surface area contributed by atoms with E-state index in [2.05, 4.69) is 37.7 Å². The molecule has 0 rings (SSSR count). The Labute approximate surface area is 113 Å². The molecule has 0 aliphatic rings. The van der Waals surface area contributed by atoms with E-state index in [1.165, 1.54) is 6.42 Å². The lowest BCUT2D eigenvalue weighted by molar-refractivity contribution is 0.0715. The highest BCUT2D eigenvalue weighted by Gasteiger charge is 2.08. The first-order chi connectivity index (χ1) is 8.61. The standard InChI is InChI=1S/C14H32N2O2/c1-5-15(3)9-6-7-12-18-13-14(2)16(4)10-8-11-17/h14,17H,5-13H2,1-4H3. The highest BCUT2D eigenvalue weighted by molar-refractivity contribution is 4.62. The summed E-state index contributed by atoms with van der Waals surface area (Å²) in [5.74, 6) is 0. The van der Waals surface area contributed by atoms with E-state index in [0.717, 1.165) is 45.7 Å². The number of likely N-dealkylation sites (N-methyl/N-ethyl adjacent to an activating group) is 1. The smallest absolute Gasteiger partial charge is 0.0619 e. The maximum Gasteiger partial charge on any atom is 0.0619 e. The quantitative estimate of drug-likeness (QED) is 0.539. The van der Waals surface area contributed by atoms with Gasteiger partial charge in [-0.15, -0.1) is 0 Å². The molecule has 18 heavy (non-hydrogen) atoms. The van der Waals surface area contributed by atoms with Gasteiger partial charge in [-0.2, -0.15) is 0 Å². The SMILES string of the molecule is CCN(C)CCCCOCC(C)N(C)CCCO. The van der Waals surface area contributed by atoms with Crippen molar-refractivity contribution < 1.29 is 9.84 Å². The summed E-state index contributed by atoms with van der Waals surface area (Å²) in [6, 6.07) is 0.426. The van der Waals surface area contributed by atoms with Crippen LogP contribution in [0.25, 0.3) is 0 Å². The maximum atomic E-state index is 8.77. The Morgan fingerprint density at radius 2 is 1.83 bits per heavy atom. The Morgan fingerprint density at radius 1 is 1.11 bits per heavy atom. The van der Waals surface area contributed by atoms with Crippen molar-refractivity contribution in [3.8, 4) is 0 Å². The average Bonchev–Trinajstić information content (AvgIpc) is 2.39. The number of aliphatic hydroxyl groups excluding tert-OH is 1. The Bertz CT molecular complexity index is 179. The number of unbranched alkanes of at least 4 members (excludes halogenated alkanes) is 1. The molecule has 1 atom stereocenters. The lowest BCUT2D eigenvalue weighted by Gasteiger charge is -2.24. The van der Waals surface area contributed by atoms with Crippen molar-refractivity contribution in [2.75, 3.05) is 53.6 Å². The van der Waals surface area contributed by atoms with Crippen LogP contribution in [0.4, 0.5) is 0 Å². The number of rotatable bonds is 12. The van der Waals surface area contributed by atoms with Crippen molar-refractivity contribution in [1.82, 2.24) is 9.80 Å². The van der Waals surface area contributed by atoms with E-state index >= 15 is 0 Å². The number of aliphatic hydroxyl groups is 1. The van der Waals surface area contributed by atoms with Crippen molar-refractivity contribution in [2.45, 2.75) is 39.2 Å². The molecule has 0 aromatic carbocycles. The molecule has 4 nitrogen and oxygen atoms in total. The minimum absolute atomic E-state index is 0.267. The molecule has 0 amide bonds. The van der Waals surface area contributed by atoms with Crippen LogP contribution in [-0.4, -0.2) is 74.5 Å². The van der Waals surface area contributed by atoms with Gasteiger partial charge in [-0.05, 0) is 53.4 Å². The van der Waals surface area contributed by atoms with Gasteiger partial charge in [0.2, 0.25) is 0 Å². The van der Waals surface area contributed by atoms with Crippen LogP contribution >= 0.6 is 0 Å². The van der Waals surface area contributed by atoms with Crippen LogP contribution in [-0.2, 0) is 4.74 Å². The molecule has 0 saturated heterocycles. The van der Waals surface area contributed by atoms with E-state index in [1.54, 1.807) is 0 Å². The fraction of sp³-hybridized carbons (Fsp3) is 1.00. The first kappa shape index (κ1) is 17.8. The molecule has 0 radical (unpaired) electrons. The average molecular weight is 260 g/mol. The Kier molecular flexibility index (Phi) is 11.8. The number of hydrogen-bond acceptors (Lipinski definition) is 4. The third-order valence-electron chi connectivity index (χ3n) is 3.40. The summed E-state index contributed by atoms with van der Waals surface area (Å²) < 4.78 is 5.69. The van der Waals surface area contributed by atoms with Gasteiger partial charge in [0.05, 0.1) is 6.61 Å². The van der Waals surface area contributed by atoms with Gasteiger partial charge in [-0.25, -0.2) is 0 Å². The molecule has 0 saturated carbocycles. The minimum atomic E-state index is 0.267. The van der Waals surface area contributed by atoms with Crippen molar-refractivity contribution >= 4 is 0 Å². The normalized spacial score (nSPS) is 13.5. The van der Waals surface area contributed by atoms with Crippen LogP contribution in [0, 0.1) is 0 Å². The summed E-state index contributed by atoms with van der Waals surface area (Å²) in [5, 5.41) is 8.77. The molecule has 0 aromatic heterocycles. The highest BCUT2D eigenvalue weighted by atomic mass is 16.5. The van der Waals surface area contributed by atoms with Gasteiger partial charge in [0.15, 0.2) is 0 Å². The molecule has 110 valence electrons. The zero-order valence-corrected chi connectivity index (χ0v) is 12.7. The molecule has 1 unspecified atom stereocenters.